The number of rotatable bonds is 3. The first kappa shape index (κ1) is 9.21. The maximum Gasteiger partial charge on any atom is 0.273 e. The lowest BCUT2D eigenvalue weighted by Gasteiger charge is -2.08. The van der Waals surface area contributed by atoms with Crippen LogP contribution in [0.3, 0.4) is 0 Å². The summed E-state index contributed by atoms with van der Waals surface area (Å²) in [5, 5.41) is 9.63. The number of hydrogen-bond acceptors (Lipinski definition) is 4. The largest absolute Gasteiger partial charge is 0.364 e. The minimum Gasteiger partial charge on any atom is -0.364 e. The van der Waals surface area contributed by atoms with Gasteiger partial charge in [-0.2, -0.15) is 0 Å². The van der Waals surface area contributed by atoms with Gasteiger partial charge in [-0.1, -0.05) is 5.16 Å². The predicted molar refractivity (Wildman–Crippen MR) is 49.8 cm³/mol. The lowest BCUT2D eigenvalue weighted by molar-refractivity contribution is 0.0939. The normalized spacial score (nSPS) is 21.0. The van der Waals surface area contributed by atoms with Crippen LogP contribution in [-0.2, 0) is 0 Å². The summed E-state index contributed by atoms with van der Waals surface area (Å²) in [5.41, 5.74) is 0.343. The maximum atomic E-state index is 11.4. The van der Waals surface area contributed by atoms with Crippen molar-refractivity contribution in [1.29, 1.82) is 0 Å². The molecule has 1 aromatic heterocycles. The summed E-state index contributed by atoms with van der Waals surface area (Å²) in [7, 11) is 0. The number of hydrogen-bond donors (Lipinski definition) is 2. The summed E-state index contributed by atoms with van der Waals surface area (Å²) >= 11 is 0. The van der Waals surface area contributed by atoms with E-state index < -0.39 is 0 Å². The highest BCUT2D eigenvalue weighted by Gasteiger charge is 2.16. The fourth-order valence-electron chi connectivity index (χ4n) is 1.55. The topological polar surface area (TPSA) is 67.2 Å². The summed E-state index contributed by atoms with van der Waals surface area (Å²) in [6, 6.07) is 1.56. The van der Waals surface area contributed by atoms with Crippen LogP contribution in [0.15, 0.2) is 16.9 Å². The molecule has 2 heterocycles. The van der Waals surface area contributed by atoms with Crippen molar-refractivity contribution in [2.75, 3.05) is 19.6 Å². The smallest absolute Gasteiger partial charge is 0.273 e. The molecule has 0 radical (unpaired) electrons. The Labute approximate surface area is 81.8 Å². The van der Waals surface area contributed by atoms with Crippen molar-refractivity contribution >= 4 is 5.91 Å². The van der Waals surface area contributed by atoms with Crippen LogP contribution in [0.1, 0.15) is 16.9 Å². The Morgan fingerprint density at radius 3 is 3.36 bits per heavy atom. The molecule has 0 spiro atoms. The summed E-state index contributed by atoms with van der Waals surface area (Å²) in [5.74, 6) is 0.386. The summed E-state index contributed by atoms with van der Waals surface area (Å²) in [4.78, 5) is 11.4. The highest BCUT2D eigenvalue weighted by molar-refractivity contribution is 5.91. The average molecular weight is 195 g/mol. The quantitative estimate of drug-likeness (QED) is 0.713. The number of nitrogens with one attached hydrogen (secondary N) is 2. The molecule has 0 bridgehead atoms. The first-order valence-corrected chi connectivity index (χ1v) is 4.75. The molecule has 1 saturated heterocycles. The predicted octanol–water partition coefficient (Wildman–Crippen LogP) is 0.0139. The van der Waals surface area contributed by atoms with Crippen LogP contribution in [-0.4, -0.2) is 30.7 Å². The third-order valence-corrected chi connectivity index (χ3v) is 2.38. The van der Waals surface area contributed by atoms with E-state index in [4.69, 9.17) is 0 Å². The van der Waals surface area contributed by atoms with Crippen molar-refractivity contribution in [2.45, 2.75) is 6.42 Å². The van der Waals surface area contributed by atoms with Gasteiger partial charge < -0.3 is 15.2 Å². The van der Waals surface area contributed by atoms with E-state index in [1.165, 1.54) is 6.26 Å². The van der Waals surface area contributed by atoms with Gasteiger partial charge >= 0.3 is 0 Å². The summed E-state index contributed by atoms with van der Waals surface area (Å²) < 4.78 is 4.58. The molecule has 1 aliphatic rings. The first-order valence-electron chi connectivity index (χ1n) is 4.75. The number of aromatic nitrogens is 1. The molecule has 1 unspecified atom stereocenters. The Bertz CT molecular complexity index is 291. The minimum absolute atomic E-state index is 0.161. The molecule has 0 aliphatic carbocycles. The lowest BCUT2D eigenvalue weighted by Crippen LogP contribution is -2.30. The van der Waals surface area contributed by atoms with Crippen molar-refractivity contribution in [1.82, 2.24) is 15.8 Å². The Kier molecular flexibility index (Phi) is 2.78. The van der Waals surface area contributed by atoms with Gasteiger partial charge in [0.2, 0.25) is 0 Å². The van der Waals surface area contributed by atoms with Crippen molar-refractivity contribution in [2.24, 2.45) is 5.92 Å². The van der Waals surface area contributed by atoms with Gasteiger partial charge in [-0.25, -0.2) is 0 Å². The molecular formula is C9H13N3O2. The van der Waals surface area contributed by atoms with Crippen LogP contribution in [0.25, 0.3) is 0 Å². The van der Waals surface area contributed by atoms with E-state index in [-0.39, 0.29) is 5.91 Å². The third kappa shape index (κ3) is 2.11. The molecule has 0 saturated carbocycles. The van der Waals surface area contributed by atoms with E-state index in [0.29, 0.717) is 18.2 Å². The van der Waals surface area contributed by atoms with Crippen LogP contribution in [0.4, 0.5) is 0 Å². The number of amides is 1. The molecule has 1 atom stereocenters. The van der Waals surface area contributed by atoms with Gasteiger partial charge in [0.25, 0.3) is 5.91 Å². The molecule has 5 nitrogen and oxygen atoms in total. The van der Waals surface area contributed by atoms with Gasteiger partial charge in [0.15, 0.2) is 5.69 Å². The maximum absolute atomic E-state index is 11.4. The minimum atomic E-state index is -0.161. The average Bonchev–Trinajstić information content (AvgIpc) is 2.87. The molecule has 76 valence electrons. The lowest BCUT2D eigenvalue weighted by atomic mass is 10.1. The third-order valence-electron chi connectivity index (χ3n) is 2.38. The first-order chi connectivity index (χ1) is 6.86. The SMILES string of the molecule is O=C(NCC1CCNC1)c1ccon1. The van der Waals surface area contributed by atoms with Crippen LogP contribution >= 0.6 is 0 Å². The van der Waals surface area contributed by atoms with Crippen molar-refractivity contribution in [3.63, 3.8) is 0 Å². The van der Waals surface area contributed by atoms with Crippen LogP contribution < -0.4 is 10.6 Å². The Balaban J connectivity index is 1.78. The highest BCUT2D eigenvalue weighted by Crippen LogP contribution is 2.05. The van der Waals surface area contributed by atoms with E-state index in [9.17, 15) is 4.79 Å². The molecule has 1 aliphatic heterocycles. The fraction of sp³-hybridized carbons (Fsp3) is 0.556. The van der Waals surface area contributed by atoms with Gasteiger partial charge in [0.1, 0.15) is 6.26 Å². The standard InChI is InChI=1S/C9H13N3O2/c13-9(8-2-4-14-12-8)11-6-7-1-3-10-5-7/h2,4,7,10H,1,3,5-6H2,(H,11,13). The van der Waals surface area contributed by atoms with E-state index in [1.807, 2.05) is 0 Å². The molecule has 14 heavy (non-hydrogen) atoms. The molecule has 1 fully saturated rings. The number of nitrogens with zero attached hydrogens (tertiary/aromatic N) is 1. The zero-order valence-electron chi connectivity index (χ0n) is 7.82. The summed E-state index contributed by atoms with van der Waals surface area (Å²) in [6.45, 7) is 2.74. The highest BCUT2D eigenvalue weighted by atomic mass is 16.5. The number of carbonyl (C=O) groups is 1. The van der Waals surface area contributed by atoms with Crippen molar-refractivity contribution in [3.05, 3.63) is 18.0 Å². The molecule has 1 amide bonds. The summed E-state index contributed by atoms with van der Waals surface area (Å²) in [6.07, 6.45) is 2.52. The van der Waals surface area contributed by atoms with E-state index in [0.717, 1.165) is 19.5 Å². The molecule has 0 aromatic carbocycles. The zero-order valence-corrected chi connectivity index (χ0v) is 7.82. The van der Waals surface area contributed by atoms with Crippen LogP contribution in [0.2, 0.25) is 0 Å². The van der Waals surface area contributed by atoms with E-state index in [1.54, 1.807) is 6.07 Å². The number of carbonyl (C=O) groups excluding carboxylic acids is 1. The monoisotopic (exact) mass is 195 g/mol. The molecular weight excluding hydrogens is 182 g/mol. The fourth-order valence-corrected chi connectivity index (χ4v) is 1.55. The van der Waals surface area contributed by atoms with E-state index >= 15 is 0 Å². The Morgan fingerprint density at radius 1 is 1.79 bits per heavy atom. The molecule has 2 N–H and O–H groups in total. The van der Waals surface area contributed by atoms with Crippen molar-refractivity contribution in [3.8, 4) is 0 Å². The zero-order chi connectivity index (χ0) is 9.80. The van der Waals surface area contributed by atoms with Crippen LogP contribution in [0, 0.1) is 5.92 Å². The van der Waals surface area contributed by atoms with Gasteiger partial charge in [-0.3, -0.25) is 4.79 Å². The molecule has 1 aromatic rings. The molecule has 2 rings (SSSR count). The second-order valence-corrected chi connectivity index (χ2v) is 3.45. The second kappa shape index (κ2) is 4.23. The van der Waals surface area contributed by atoms with Gasteiger partial charge in [0, 0.05) is 12.6 Å². The molecule has 5 heteroatoms. The van der Waals surface area contributed by atoms with Crippen LogP contribution in [0.5, 0.6) is 0 Å². The van der Waals surface area contributed by atoms with Gasteiger partial charge in [-0.15, -0.1) is 0 Å². The Hall–Kier alpha value is -1.36. The van der Waals surface area contributed by atoms with Crippen molar-refractivity contribution < 1.29 is 9.32 Å². The Morgan fingerprint density at radius 2 is 2.71 bits per heavy atom. The van der Waals surface area contributed by atoms with Gasteiger partial charge in [-0.05, 0) is 25.4 Å². The van der Waals surface area contributed by atoms with Gasteiger partial charge in [0.05, 0.1) is 0 Å². The van der Waals surface area contributed by atoms with E-state index in [2.05, 4.69) is 20.3 Å². The second-order valence-electron chi connectivity index (χ2n) is 3.45.